The number of aromatic nitrogens is 4. The van der Waals surface area contributed by atoms with Gasteiger partial charge < -0.3 is 9.80 Å². The van der Waals surface area contributed by atoms with Crippen LogP contribution in [0.3, 0.4) is 0 Å². The summed E-state index contributed by atoms with van der Waals surface area (Å²) in [6.45, 7) is 15.3. The number of carbonyl (C=O) groups is 1. The van der Waals surface area contributed by atoms with Crippen molar-refractivity contribution in [3.8, 4) is 16.9 Å². The second-order valence-electron chi connectivity index (χ2n) is 12.1. The Hall–Kier alpha value is -4.73. The van der Waals surface area contributed by atoms with Crippen LogP contribution in [-0.4, -0.2) is 55.5 Å². The summed E-state index contributed by atoms with van der Waals surface area (Å²) >= 11 is 0. The number of piperazine rings is 1. The normalized spacial score (nSPS) is 17.5. The van der Waals surface area contributed by atoms with E-state index >= 15 is 8.78 Å². The lowest BCUT2D eigenvalue weighted by molar-refractivity contribution is -0.127. The van der Waals surface area contributed by atoms with Crippen molar-refractivity contribution in [1.82, 2.24) is 24.4 Å². The Morgan fingerprint density at radius 3 is 2.40 bits per heavy atom. The van der Waals surface area contributed by atoms with Gasteiger partial charge in [0.05, 0.1) is 19.5 Å². The van der Waals surface area contributed by atoms with E-state index in [9.17, 15) is 9.59 Å². The van der Waals surface area contributed by atoms with Gasteiger partial charge in [0.2, 0.25) is 5.91 Å². The quantitative estimate of drug-likeness (QED) is 0.218. The first-order valence-corrected chi connectivity index (χ1v) is 15.0. The molecule has 0 aliphatic carbocycles. The second kappa shape index (κ2) is 12.3. The fourth-order valence-corrected chi connectivity index (χ4v) is 6.26. The summed E-state index contributed by atoms with van der Waals surface area (Å²) in [7, 11) is 0. The summed E-state index contributed by atoms with van der Waals surface area (Å²) in [5, 5.41) is 0.219. The van der Waals surface area contributed by atoms with E-state index in [4.69, 9.17) is 7.73 Å². The van der Waals surface area contributed by atoms with Crippen LogP contribution in [0, 0.1) is 11.6 Å². The Balaban J connectivity index is 1.91. The minimum atomic E-state index is -0.873. The van der Waals surface area contributed by atoms with Gasteiger partial charge in [0.25, 0.3) is 0 Å². The van der Waals surface area contributed by atoms with Crippen LogP contribution in [0.2, 0.25) is 0 Å². The molecule has 5 rings (SSSR count). The molecule has 3 aromatic heterocycles. The molecule has 1 aromatic carbocycles. The number of nitrogens with zero attached hydrogens (tertiary/aromatic N) is 6. The van der Waals surface area contributed by atoms with Crippen LogP contribution in [0.1, 0.15) is 72.9 Å². The molecule has 1 amide bonds. The standard InChI is InChI=1S/C35H38F2N6O2/c1-9-23-12-11-13-26(36)29(23)31-27(37)16-25-33(39-31)43(32-24(19(3)4)14-15-38-30(32)20(5)6)35(45)40-34(25)42-21(7)17-41(18-22(42)8)28(44)10-2/h9-16,19-22H,1-2,17-18H2,3-8H3/t21-,22-/m0/s1/i1D2. The molecule has 2 atom stereocenters. The minimum Gasteiger partial charge on any atom is -0.347 e. The van der Waals surface area contributed by atoms with Gasteiger partial charge in [-0.15, -0.1) is 0 Å². The molecule has 4 heterocycles. The topological polar surface area (TPSA) is 84.2 Å². The minimum absolute atomic E-state index is 0.0431. The van der Waals surface area contributed by atoms with Gasteiger partial charge in [-0.2, -0.15) is 4.98 Å². The molecule has 0 N–H and O–H groups in total. The van der Waals surface area contributed by atoms with Crippen molar-refractivity contribution in [1.29, 1.82) is 0 Å². The number of halogens is 2. The molecule has 0 bridgehead atoms. The summed E-state index contributed by atoms with van der Waals surface area (Å²) in [5.41, 5.74) is 0.747. The van der Waals surface area contributed by atoms with E-state index in [0.717, 1.165) is 17.7 Å². The predicted octanol–water partition coefficient (Wildman–Crippen LogP) is 6.62. The number of hydrogen-bond acceptors (Lipinski definition) is 6. The van der Waals surface area contributed by atoms with Gasteiger partial charge in [-0.25, -0.2) is 23.1 Å². The highest BCUT2D eigenvalue weighted by atomic mass is 19.1. The van der Waals surface area contributed by atoms with Crippen molar-refractivity contribution in [2.75, 3.05) is 18.0 Å². The van der Waals surface area contributed by atoms with Crippen molar-refractivity contribution in [3.05, 3.63) is 94.7 Å². The third kappa shape index (κ3) is 5.54. The predicted molar refractivity (Wildman–Crippen MR) is 175 cm³/mol. The molecular weight excluding hydrogens is 574 g/mol. The van der Waals surface area contributed by atoms with E-state index in [2.05, 4.69) is 16.5 Å². The zero-order chi connectivity index (χ0) is 34.3. The highest BCUT2D eigenvalue weighted by Gasteiger charge is 2.35. The van der Waals surface area contributed by atoms with Gasteiger partial charge in [-0.1, -0.05) is 59.0 Å². The zero-order valence-electron chi connectivity index (χ0n) is 28.3. The summed E-state index contributed by atoms with van der Waals surface area (Å²) in [6.07, 6.45) is 4.05. The van der Waals surface area contributed by atoms with Gasteiger partial charge in [0.1, 0.15) is 17.3 Å². The van der Waals surface area contributed by atoms with Gasteiger partial charge in [-0.3, -0.25) is 9.78 Å². The van der Waals surface area contributed by atoms with Crippen molar-refractivity contribution >= 4 is 28.8 Å². The molecule has 45 heavy (non-hydrogen) atoms. The van der Waals surface area contributed by atoms with Gasteiger partial charge in [0, 0.05) is 36.9 Å². The van der Waals surface area contributed by atoms with E-state index in [1.807, 2.05) is 52.5 Å². The van der Waals surface area contributed by atoms with E-state index in [1.165, 1.54) is 28.8 Å². The van der Waals surface area contributed by atoms with E-state index in [0.29, 0.717) is 24.5 Å². The average Bonchev–Trinajstić information content (AvgIpc) is 3.00. The molecule has 4 aromatic rings. The van der Waals surface area contributed by atoms with Crippen molar-refractivity contribution in [2.45, 2.75) is 65.5 Å². The molecular formula is C35H38F2N6O2. The average molecular weight is 615 g/mol. The summed E-state index contributed by atoms with van der Waals surface area (Å²) in [6, 6.07) is 6.43. The Morgan fingerprint density at radius 1 is 1.07 bits per heavy atom. The summed E-state index contributed by atoms with van der Waals surface area (Å²) in [5.74, 6) is -1.85. The number of pyridine rings is 2. The van der Waals surface area contributed by atoms with Crippen LogP contribution in [0.5, 0.6) is 0 Å². The maximum Gasteiger partial charge on any atom is 0.355 e. The summed E-state index contributed by atoms with van der Waals surface area (Å²) in [4.78, 5) is 44.2. The second-order valence-corrected chi connectivity index (χ2v) is 12.1. The molecule has 1 saturated heterocycles. The van der Waals surface area contributed by atoms with Crippen LogP contribution < -0.4 is 10.6 Å². The molecule has 0 radical (unpaired) electrons. The van der Waals surface area contributed by atoms with Crippen LogP contribution in [0.25, 0.3) is 34.1 Å². The SMILES string of the molecule is [2H]C([2H])=Cc1cccc(F)c1-c1nc2c(cc1F)c(N1[C@@H](C)CN(C(=O)C=C)C[C@@H]1C)nc(=O)n2-c1c(C(C)C)ccnc1C(C)C. The van der Waals surface area contributed by atoms with E-state index in [1.54, 1.807) is 11.1 Å². The first-order chi connectivity index (χ1) is 22.2. The largest absolute Gasteiger partial charge is 0.355 e. The molecule has 8 nitrogen and oxygen atoms in total. The Labute approximate surface area is 264 Å². The maximum absolute atomic E-state index is 16.4. The molecule has 0 unspecified atom stereocenters. The van der Waals surface area contributed by atoms with Gasteiger partial charge in [0.15, 0.2) is 11.5 Å². The van der Waals surface area contributed by atoms with Crippen LogP contribution in [-0.2, 0) is 4.79 Å². The van der Waals surface area contributed by atoms with Crippen LogP contribution in [0.4, 0.5) is 14.6 Å². The summed E-state index contributed by atoms with van der Waals surface area (Å²) < 4.78 is 48.5. The molecule has 1 fully saturated rings. The number of benzene rings is 1. The van der Waals surface area contributed by atoms with Gasteiger partial charge >= 0.3 is 5.69 Å². The molecule has 234 valence electrons. The van der Waals surface area contributed by atoms with Crippen molar-refractivity contribution in [3.63, 3.8) is 0 Å². The van der Waals surface area contributed by atoms with Crippen LogP contribution >= 0.6 is 0 Å². The van der Waals surface area contributed by atoms with Crippen molar-refractivity contribution in [2.24, 2.45) is 0 Å². The molecule has 1 aliphatic rings. The Kier molecular flexibility index (Phi) is 7.95. The molecule has 1 aliphatic heterocycles. The maximum atomic E-state index is 16.4. The number of anilines is 1. The Morgan fingerprint density at radius 2 is 1.78 bits per heavy atom. The zero-order valence-corrected chi connectivity index (χ0v) is 26.3. The van der Waals surface area contributed by atoms with Crippen molar-refractivity contribution < 1.29 is 16.3 Å². The van der Waals surface area contributed by atoms with E-state index < -0.39 is 23.9 Å². The first kappa shape index (κ1) is 29.0. The van der Waals surface area contributed by atoms with E-state index in [-0.39, 0.29) is 63.5 Å². The van der Waals surface area contributed by atoms with Gasteiger partial charge in [-0.05, 0) is 61.1 Å². The first-order valence-electron chi connectivity index (χ1n) is 16.0. The molecule has 0 saturated carbocycles. The number of rotatable bonds is 7. The highest BCUT2D eigenvalue weighted by molar-refractivity contribution is 5.92. The lowest BCUT2D eigenvalue weighted by atomic mass is 9.96. The third-order valence-electron chi connectivity index (χ3n) is 8.27. The molecule has 10 heteroatoms. The monoisotopic (exact) mass is 614 g/mol. The lowest BCUT2D eigenvalue weighted by Gasteiger charge is -2.45. The lowest BCUT2D eigenvalue weighted by Crippen LogP contribution is -2.58. The fraction of sp³-hybridized carbons (Fsp3) is 0.343. The highest BCUT2D eigenvalue weighted by Crippen LogP contribution is 2.37. The number of amides is 1. The number of hydrogen-bond donors (Lipinski definition) is 0. The number of carbonyl (C=O) groups excluding carboxylic acids is 1. The number of fused-ring (bicyclic) bond motifs is 1. The fourth-order valence-electron chi connectivity index (χ4n) is 6.26. The Bertz CT molecular complexity index is 1930. The smallest absolute Gasteiger partial charge is 0.347 e. The third-order valence-corrected chi connectivity index (χ3v) is 8.27. The van der Waals surface area contributed by atoms with Crippen LogP contribution in [0.15, 0.2) is 60.5 Å². The molecule has 0 spiro atoms.